The molecule has 2 saturated carbocycles. The number of aromatic nitrogens is 1. The van der Waals surface area contributed by atoms with Gasteiger partial charge in [-0.25, -0.2) is 0 Å². The van der Waals surface area contributed by atoms with E-state index in [4.69, 9.17) is 18.6 Å². The smallest absolute Gasteiger partial charge is 0.232 e. The Morgan fingerprint density at radius 1 is 1.19 bits per heavy atom. The summed E-state index contributed by atoms with van der Waals surface area (Å²) < 4.78 is 22.4. The number of ether oxygens (including phenoxy) is 3. The van der Waals surface area contributed by atoms with E-state index in [1.54, 1.807) is 25.3 Å². The molecule has 176 valence electrons. The average Bonchev–Trinajstić information content (AvgIpc) is 3.72. The highest BCUT2D eigenvalue weighted by Crippen LogP contribution is 2.35. The molecular weight excluding hydrogens is 408 g/mol. The van der Waals surface area contributed by atoms with Crippen LogP contribution >= 0.6 is 0 Å². The largest absolute Gasteiger partial charge is 0.461 e. The number of hydrogen-bond donors (Lipinski definition) is 0. The maximum atomic E-state index is 13.3. The van der Waals surface area contributed by atoms with E-state index in [9.17, 15) is 4.79 Å². The van der Waals surface area contributed by atoms with Gasteiger partial charge in [-0.05, 0) is 43.2 Å². The number of amides is 1. The molecule has 2 aromatic heterocycles. The summed E-state index contributed by atoms with van der Waals surface area (Å²) in [6.45, 7) is 0.312. The zero-order chi connectivity index (χ0) is 22.3. The third-order valence-electron chi connectivity index (χ3n) is 6.47. The summed E-state index contributed by atoms with van der Waals surface area (Å²) in [6, 6.07) is 3.93. The van der Waals surface area contributed by atoms with Gasteiger partial charge in [-0.1, -0.05) is 32.1 Å². The predicted molar refractivity (Wildman–Crippen MR) is 121 cm³/mol. The van der Waals surface area contributed by atoms with Crippen molar-refractivity contribution in [3.63, 3.8) is 0 Å². The number of methoxy groups -OCH3 is 2. The number of pyridine rings is 1. The van der Waals surface area contributed by atoms with E-state index in [0.29, 0.717) is 0 Å². The fraction of sp³-hybridized carbons (Fsp3) is 0.680. The molecule has 0 aromatic carbocycles. The van der Waals surface area contributed by atoms with Crippen molar-refractivity contribution in [2.24, 2.45) is 11.8 Å². The second kappa shape index (κ2) is 11.3. The third-order valence-corrected chi connectivity index (χ3v) is 6.47. The molecular formula is C25H36N2O5. The molecule has 2 aromatic rings. The van der Waals surface area contributed by atoms with Crippen molar-refractivity contribution >= 4 is 16.9 Å². The Morgan fingerprint density at radius 3 is 2.69 bits per heavy atom. The fourth-order valence-corrected chi connectivity index (χ4v) is 4.25. The predicted octanol–water partition coefficient (Wildman–Crippen LogP) is 4.67. The van der Waals surface area contributed by atoms with Crippen LogP contribution in [0.25, 0.3) is 11.0 Å². The molecule has 2 fully saturated rings. The number of carbonyl (C=O) groups excluding carboxylic acids is 1. The summed E-state index contributed by atoms with van der Waals surface area (Å²) in [4.78, 5) is 19.5. The first-order valence-electron chi connectivity index (χ1n) is 11.9. The van der Waals surface area contributed by atoms with Crippen molar-refractivity contribution in [1.82, 2.24) is 9.88 Å². The lowest BCUT2D eigenvalue weighted by Crippen LogP contribution is -2.44. The Labute approximate surface area is 190 Å². The zero-order valence-corrected chi connectivity index (χ0v) is 19.4. The van der Waals surface area contributed by atoms with Crippen molar-refractivity contribution in [2.75, 3.05) is 27.7 Å². The number of fused-ring (bicyclic) bond motifs is 1. The molecule has 32 heavy (non-hydrogen) atoms. The van der Waals surface area contributed by atoms with Crippen LogP contribution in [0.4, 0.5) is 0 Å². The molecule has 1 atom stereocenters. The second-order valence-electron chi connectivity index (χ2n) is 9.22. The van der Waals surface area contributed by atoms with Gasteiger partial charge < -0.3 is 18.6 Å². The van der Waals surface area contributed by atoms with E-state index < -0.39 is 0 Å². The summed E-state index contributed by atoms with van der Waals surface area (Å²) >= 11 is 0. The topological polar surface area (TPSA) is 74.0 Å². The number of hydrogen-bond acceptors (Lipinski definition) is 6. The van der Waals surface area contributed by atoms with Crippen molar-refractivity contribution in [3.05, 3.63) is 29.8 Å². The molecule has 0 radical (unpaired) electrons. The molecule has 7 heteroatoms. The van der Waals surface area contributed by atoms with Crippen LogP contribution in [-0.2, 0) is 31.8 Å². The molecule has 0 unspecified atom stereocenters. The monoisotopic (exact) mass is 444 g/mol. The minimum absolute atomic E-state index is 0.0693. The Hall–Kier alpha value is -1.96. The minimum Gasteiger partial charge on any atom is -0.461 e. The first-order chi connectivity index (χ1) is 15.7. The molecule has 2 heterocycles. The van der Waals surface area contributed by atoms with E-state index in [0.717, 1.165) is 53.5 Å². The summed E-state index contributed by atoms with van der Waals surface area (Å²) in [5, 5.41) is 0.923. The molecule has 0 saturated heterocycles. The van der Waals surface area contributed by atoms with E-state index >= 15 is 0 Å². The lowest BCUT2D eigenvalue weighted by atomic mass is 10.1. The van der Waals surface area contributed by atoms with E-state index in [2.05, 4.69) is 11.1 Å². The van der Waals surface area contributed by atoms with Crippen LogP contribution in [-0.4, -0.2) is 49.8 Å². The number of nitrogens with zero attached hydrogens (tertiary/aromatic N) is 2. The van der Waals surface area contributed by atoms with Crippen LogP contribution in [0.2, 0.25) is 0 Å². The quantitative estimate of drug-likeness (QED) is 0.372. The SMILES string of the molecule is COCO[C@H](CCCC1CC1)N(COC)C(=O)Cc1nccc2oc(CCC3CC3)cc12. The van der Waals surface area contributed by atoms with Gasteiger partial charge in [-0.3, -0.25) is 14.7 Å². The summed E-state index contributed by atoms with van der Waals surface area (Å²) in [5.41, 5.74) is 1.53. The summed E-state index contributed by atoms with van der Waals surface area (Å²) in [7, 11) is 3.19. The van der Waals surface area contributed by atoms with Crippen LogP contribution in [0.3, 0.4) is 0 Å². The number of carbonyl (C=O) groups is 1. The molecule has 2 aliphatic carbocycles. The number of aryl methyl sites for hydroxylation is 1. The lowest BCUT2D eigenvalue weighted by molar-refractivity contribution is -0.174. The number of furan rings is 1. The van der Waals surface area contributed by atoms with Gasteiger partial charge in [0, 0.05) is 32.2 Å². The average molecular weight is 445 g/mol. The maximum absolute atomic E-state index is 13.3. The molecule has 0 N–H and O–H groups in total. The fourth-order valence-electron chi connectivity index (χ4n) is 4.25. The minimum atomic E-state index is -0.376. The highest BCUT2D eigenvalue weighted by Gasteiger charge is 2.27. The molecule has 2 aliphatic rings. The summed E-state index contributed by atoms with van der Waals surface area (Å²) in [6.07, 6.45) is 11.9. The Balaban J connectivity index is 1.44. The molecule has 1 amide bonds. The Morgan fingerprint density at radius 2 is 1.97 bits per heavy atom. The van der Waals surface area contributed by atoms with Crippen LogP contribution in [0, 0.1) is 11.8 Å². The van der Waals surface area contributed by atoms with Crippen molar-refractivity contribution in [3.8, 4) is 0 Å². The zero-order valence-electron chi connectivity index (χ0n) is 19.4. The normalized spacial score (nSPS) is 17.1. The van der Waals surface area contributed by atoms with Gasteiger partial charge in [-0.2, -0.15) is 0 Å². The van der Waals surface area contributed by atoms with Crippen molar-refractivity contribution in [2.45, 2.75) is 70.4 Å². The second-order valence-corrected chi connectivity index (χ2v) is 9.22. The first kappa shape index (κ1) is 23.2. The van der Waals surface area contributed by atoms with Crippen LogP contribution in [0.5, 0.6) is 0 Å². The van der Waals surface area contributed by atoms with Crippen LogP contribution < -0.4 is 0 Å². The molecule has 4 rings (SSSR count). The number of rotatable bonds is 15. The standard InChI is InChI=1S/C25H36N2O5/c1-29-16-27(25(31-17-30-2)5-3-4-18-6-7-18)24(28)15-22-21-14-20(11-10-19-8-9-19)32-23(21)12-13-26-22/h12-14,18-19,25H,3-11,15-17H2,1-2H3/t25-/m1/s1. The van der Waals surface area contributed by atoms with Gasteiger partial charge >= 0.3 is 0 Å². The van der Waals surface area contributed by atoms with Gasteiger partial charge in [0.1, 0.15) is 31.1 Å². The van der Waals surface area contributed by atoms with Gasteiger partial charge in [0.25, 0.3) is 0 Å². The highest BCUT2D eigenvalue weighted by molar-refractivity contribution is 5.86. The van der Waals surface area contributed by atoms with E-state index in [1.807, 2.05) is 6.07 Å². The Bertz CT molecular complexity index is 874. The molecule has 0 bridgehead atoms. The van der Waals surface area contributed by atoms with E-state index in [-0.39, 0.29) is 32.1 Å². The van der Waals surface area contributed by atoms with Crippen LogP contribution in [0.15, 0.2) is 22.7 Å². The molecule has 0 aliphatic heterocycles. The van der Waals surface area contributed by atoms with Gasteiger partial charge in [-0.15, -0.1) is 0 Å². The third kappa shape index (κ3) is 6.53. The maximum Gasteiger partial charge on any atom is 0.232 e. The first-order valence-corrected chi connectivity index (χ1v) is 11.9. The van der Waals surface area contributed by atoms with Gasteiger partial charge in [0.2, 0.25) is 5.91 Å². The van der Waals surface area contributed by atoms with Crippen molar-refractivity contribution < 1.29 is 23.4 Å². The van der Waals surface area contributed by atoms with E-state index in [1.165, 1.54) is 38.5 Å². The Kier molecular flexibility index (Phi) is 8.16. The summed E-state index contributed by atoms with van der Waals surface area (Å²) in [5.74, 6) is 2.61. The molecule has 7 nitrogen and oxygen atoms in total. The van der Waals surface area contributed by atoms with Crippen molar-refractivity contribution in [1.29, 1.82) is 0 Å². The lowest BCUT2D eigenvalue weighted by Gasteiger charge is -2.31. The van der Waals surface area contributed by atoms with Crippen LogP contribution in [0.1, 0.15) is 62.8 Å². The van der Waals surface area contributed by atoms with Gasteiger partial charge in [0.05, 0.1) is 12.1 Å². The van der Waals surface area contributed by atoms with Gasteiger partial charge in [0.15, 0.2) is 0 Å². The highest BCUT2D eigenvalue weighted by atomic mass is 16.7. The molecule has 0 spiro atoms.